The van der Waals surface area contributed by atoms with Crippen LogP contribution in [0.4, 0.5) is 5.95 Å². The molecule has 1 aromatic heterocycles. The standard InChI is InChI=1S/C18H31N5/c1-21(2)18-19-13-16(14-20-18)15-23-11-4-3-7-17(23)8-12-22-9-5-6-10-22/h13-14,17H,3-12,15H2,1-2H3. The van der Waals surface area contributed by atoms with E-state index >= 15 is 0 Å². The fraction of sp³-hybridized carbons (Fsp3) is 0.778. The van der Waals surface area contributed by atoms with Gasteiger partial charge in [0.25, 0.3) is 0 Å². The van der Waals surface area contributed by atoms with Gasteiger partial charge in [0.2, 0.25) is 5.95 Å². The lowest BCUT2D eigenvalue weighted by molar-refractivity contribution is 0.121. The molecular weight excluding hydrogens is 286 g/mol. The van der Waals surface area contributed by atoms with Crippen LogP contribution in [0.5, 0.6) is 0 Å². The van der Waals surface area contributed by atoms with Crippen molar-refractivity contribution < 1.29 is 0 Å². The smallest absolute Gasteiger partial charge is 0.224 e. The van der Waals surface area contributed by atoms with Crippen molar-refractivity contribution in [2.24, 2.45) is 0 Å². The third-order valence-corrected chi connectivity index (χ3v) is 5.20. The van der Waals surface area contributed by atoms with E-state index in [1.807, 2.05) is 31.4 Å². The molecule has 2 fully saturated rings. The highest BCUT2D eigenvalue weighted by Gasteiger charge is 2.23. The lowest BCUT2D eigenvalue weighted by Crippen LogP contribution is -2.41. The van der Waals surface area contributed by atoms with Crippen molar-refractivity contribution in [3.8, 4) is 0 Å². The van der Waals surface area contributed by atoms with Gasteiger partial charge in [-0.3, -0.25) is 4.90 Å². The molecule has 0 amide bonds. The summed E-state index contributed by atoms with van der Waals surface area (Å²) in [6.07, 6.45) is 12.2. The SMILES string of the molecule is CN(C)c1ncc(CN2CCCCC2CCN2CCCC2)cn1. The molecule has 0 spiro atoms. The van der Waals surface area contributed by atoms with Gasteiger partial charge < -0.3 is 9.80 Å². The van der Waals surface area contributed by atoms with Crippen LogP contribution < -0.4 is 4.90 Å². The Labute approximate surface area is 140 Å². The second-order valence-electron chi connectivity index (χ2n) is 7.24. The second kappa shape index (κ2) is 8.06. The molecule has 2 saturated heterocycles. The zero-order valence-corrected chi connectivity index (χ0v) is 14.7. The fourth-order valence-corrected chi connectivity index (χ4v) is 3.83. The second-order valence-corrected chi connectivity index (χ2v) is 7.24. The highest BCUT2D eigenvalue weighted by Crippen LogP contribution is 2.23. The Morgan fingerprint density at radius 1 is 1.04 bits per heavy atom. The number of likely N-dealkylation sites (tertiary alicyclic amines) is 2. The third kappa shape index (κ3) is 4.64. The topological polar surface area (TPSA) is 35.5 Å². The van der Waals surface area contributed by atoms with Gasteiger partial charge in [-0.15, -0.1) is 0 Å². The van der Waals surface area contributed by atoms with Crippen molar-refractivity contribution >= 4 is 5.95 Å². The average Bonchev–Trinajstić information content (AvgIpc) is 3.08. The van der Waals surface area contributed by atoms with Crippen molar-refractivity contribution in [1.82, 2.24) is 19.8 Å². The van der Waals surface area contributed by atoms with Gasteiger partial charge >= 0.3 is 0 Å². The van der Waals surface area contributed by atoms with E-state index < -0.39 is 0 Å². The third-order valence-electron chi connectivity index (χ3n) is 5.20. The zero-order valence-electron chi connectivity index (χ0n) is 14.7. The fourth-order valence-electron chi connectivity index (χ4n) is 3.83. The minimum atomic E-state index is 0.734. The Bertz CT molecular complexity index is 467. The summed E-state index contributed by atoms with van der Waals surface area (Å²) in [6.45, 7) is 6.12. The van der Waals surface area contributed by atoms with E-state index in [0.717, 1.165) is 18.5 Å². The molecule has 0 aliphatic carbocycles. The summed E-state index contributed by atoms with van der Waals surface area (Å²) in [5.41, 5.74) is 1.24. The summed E-state index contributed by atoms with van der Waals surface area (Å²) in [6, 6.07) is 0.734. The Balaban J connectivity index is 1.54. The molecule has 2 aliphatic heterocycles. The van der Waals surface area contributed by atoms with Gasteiger partial charge in [0, 0.05) is 44.6 Å². The average molecular weight is 317 g/mol. The number of anilines is 1. The molecule has 5 heteroatoms. The zero-order chi connectivity index (χ0) is 16.1. The lowest BCUT2D eigenvalue weighted by Gasteiger charge is -2.36. The molecule has 1 aromatic rings. The largest absolute Gasteiger partial charge is 0.347 e. The molecule has 1 atom stereocenters. The molecular formula is C18H31N5. The Kier molecular flexibility index (Phi) is 5.84. The highest BCUT2D eigenvalue weighted by atomic mass is 15.2. The van der Waals surface area contributed by atoms with Gasteiger partial charge in [-0.05, 0) is 58.3 Å². The quantitative estimate of drug-likeness (QED) is 0.805. The number of rotatable bonds is 6. The van der Waals surface area contributed by atoms with Crippen LogP contribution in [-0.4, -0.2) is 66.1 Å². The summed E-state index contributed by atoms with van der Waals surface area (Å²) < 4.78 is 0. The van der Waals surface area contributed by atoms with E-state index in [0.29, 0.717) is 0 Å². The van der Waals surface area contributed by atoms with Crippen LogP contribution in [0.25, 0.3) is 0 Å². The molecule has 3 rings (SSSR count). The molecule has 3 heterocycles. The number of hydrogen-bond acceptors (Lipinski definition) is 5. The highest BCUT2D eigenvalue weighted by molar-refractivity contribution is 5.26. The molecule has 0 N–H and O–H groups in total. The molecule has 0 saturated carbocycles. The van der Waals surface area contributed by atoms with Gasteiger partial charge in [-0.2, -0.15) is 0 Å². The van der Waals surface area contributed by atoms with E-state index in [1.54, 1.807) is 0 Å². The minimum Gasteiger partial charge on any atom is -0.347 e. The summed E-state index contributed by atoms with van der Waals surface area (Å²) in [4.78, 5) is 16.2. The van der Waals surface area contributed by atoms with Gasteiger partial charge in [0.05, 0.1) is 0 Å². The summed E-state index contributed by atoms with van der Waals surface area (Å²) in [5, 5.41) is 0. The van der Waals surface area contributed by atoms with Gasteiger partial charge in [-0.25, -0.2) is 9.97 Å². The van der Waals surface area contributed by atoms with Crippen LogP contribution in [0.1, 0.15) is 44.1 Å². The Morgan fingerprint density at radius 3 is 2.43 bits per heavy atom. The molecule has 0 bridgehead atoms. The predicted octanol–water partition coefficient (Wildman–Crippen LogP) is 2.38. The number of hydrogen-bond donors (Lipinski definition) is 0. The minimum absolute atomic E-state index is 0.734. The first-order valence-electron chi connectivity index (χ1n) is 9.17. The van der Waals surface area contributed by atoms with Gasteiger partial charge in [-0.1, -0.05) is 6.42 Å². The maximum Gasteiger partial charge on any atom is 0.224 e. The van der Waals surface area contributed by atoms with E-state index in [-0.39, 0.29) is 0 Å². The summed E-state index contributed by atoms with van der Waals surface area (Å²) in [5.74, 6) is 0.790. The molecule has 128 valence electrons. The van der Waals surface area contributed by atoms with Crippen molar-refractivity contribution in [2.75, 3.05) is 45.2 Å². The summed E-state index contributed by atoms with van der Waals surface area (Å²) >= 11 is 0. The monoisotopic (exact) mass is 317 g/mol. The van der Waals surface area contributed by atoms with Crippen molar-refractivity contribution in [3.05, 3.63) is 18.0 Å². The molecule has 0 radical (unpaired) electrons. The number of nitrogens with zero attached hydrogens (tertiary/aromatic N) is 5. The van der Waals surface area contributed by atoms with Crippen LogP contribution >= 0.6 is 0 Å². The molecule has 0 aromatic carbocycles. The van der Waals surface area contributed by atoms with Crippen LogP contribution in [0.2, 0.25) is 0 Å². The lowest BCUT2D eigenvalue weighted by atomic mass is 9.98. The normalized spacial score (nSPS) is 23.3. The van der Waals surface area contributed by atoms with Gasteiger partial charge in [0.1, 0.15) is 0 Å². The van der Waals surface area contributed by atoms with E-state index in [2.05, 4.69) is 19.8 Å². The van der Waals surface area contributed by atoms with E-state index in [1.165, 1.54) is 70.3 Å². The molecule has 2 aliphatic rings. The van der Waals surface area contributed by atoms with Crippen molar-refractivity contribution in [2.45, 2.75) is 51.1 Å². The Hall–Kier alpha value is -1.20. The van der Waals surface area contributed by atoms with Crippen molar-refractivity contribution in [1.29, 1.82) is 0 Å². The van der Waals surface area contributed by atoms with Crippen LogP contribution in [-0.2, 0) is 6.54 Å². The van der Waals surface area contributed by atoms with Crippen molar-refractivity contribution in [3.63, 3.8) is 0 Å². The molecule has 5 nitrogen and oxygen atoms in total. The number of piperidine rings is 1. The predicted molar refractivity (Wildman–Crippen MR) is 94.7 cm³/mol. The Morgan fingerprint density at radius 2 is 1.74 bits per heavy atom. The van der Waals surface area contributed by atoms with E-state index in [4.69, 9.17) is 0 Å². The number of aromatic nitrogens is 2. The molecule has 1 unspecified atom stereocenters. The summed E-state index contributed by atoms with van der Waals surface area (Å²) in [7, 11) is 3.96. The first kappa shape index (κ1) is 16.7. The molecule has 23 heavy (non-hydrogen) atoms. The van der Waals surface area contributed by atoms with Crippen LogP contribution in [0, 0.1) is 0 Å². The first-order valence-corrected chi connectivity index (χ1v) is 9.17. The van der Waals surface area contributed by atoms with E-state index in [9.17, 15) is 0 Å². The maximum atomic E-state index is 4.46. The van der Waals surface area contributed by atoms with Crippen LogP contribution in [0.15, 0.2) is 12.4 Å². The van der Waals surface area contributed by atoms with Crippen LogP contribution in [0.3, 0.4) is 0 Å². The first-order chi connectivity index (χ1) is 11.2. The maximum absolute atomic E-state index is 4.46. The van der Waals surface area contributed by atoms with Gasteiger partial charge in [0.15, 0.2) is 0 Å².